The molecule has 0 aromatic heterocycles. The summed E-state index contributed by atoms with van der Waals surface area (Å²) in [5.74, 6) is -0.319. The van der Waals surface area contributed by atoms with Crippen LogP contribution in [0.5, 0.6) is 0 Å². The summed E-state index contributed by atoms with van der Waals surface area (Å²) < 4.78 is 0. The minimum atomic E-state index is -0.319. The maximum atomic E-state index is 11.4. The number of hydrogen-bond donors (Lipinski definition) is 2. The van der Waals surface area contributed by atoms with Crippen molar-refractivity contribution < 1.29 is 4.79 Å². The van der Waals surface area contributed by atoms with Gasteiger partial charge in [-0.25, -0.2) is 0 Å². The van der Waals surface area contributed by atoms with Crippen molar-refractivity contribution in [2.75, 3.05) is 19.6 Å². The Labute approximate surface area is 116 Å². The molecule has 1 heterocycles. The summed E-state index contributed by atoms with van der Waals surface area (Å²) in [6.45, 7) is 2.75. The fourth-order valence-corrected chi connectivity index (χ4v) is 2.47. The highest BCUT2D eigenvalue weighted by Crippen LogP contribution is 2.23. The standard InChI is InChI=1S/C12H15Cl2N3O/c13-9-1-2-10(14)8(5-9)7-17-4-3-16-6-11(17)12(15)18/h1-2,5,11,16H,3-4,6-7H2,(H2,15,18). The zero-order valence-corrected chi connectivity index (χ0v) is 11.3. The second-order valence-electron chi connectivity index (χ2n) is 4.33. The number of piperazine rings is 1. The van der Waals surface area contributed by atoms with Crippen LogP contribution in [0.4, 0.5) is 0 Å². The normalized spacial score (nSPS) is 20.9. The minimum absolute atomic E-state index is 0.297. The molecule has 1 unspecified atom stereocenters. The van der Waals surface area contributed by atoms with Gasteiger partial charge >= 0.3 is 0 Å². The van der Waals surface area contributed by atoms with Gasteiger partial charge in [0.25, 0.3) is 0 Å². The average Bonchev–Trinajstić information content (AvgIpc) is 2.34. The van der Waals surface area contributed by atoms with Gasteiger partial charge in [0.15, 0.2) is 0 Å². The van der Waals surface area contributed by atoms with E-state index in [0.29, 0.717) is 23.1 Å². The van der Waals surface area contributed by atoms with E-state index in [-0.39, 0.29) is 11.9 Å². The molecule has 0 radical (unpaired) electrons. The topological polar surface area (TPSA) is 58.4 Å². The van der Waals surface area contributed by atoms with Crippen molar-refractivity contribution in [1.29, 1.82) is 0 Å². The maximum Gasteiger partial charge on any atom is 0.236 e. The highest BCUT2D eigenvalue weighted by atomic mass is 35.5. The molecule has 18 heavy (non-hydrogen) atoms. The second kappa shape index (κ2) is 5.89. The van der Waals surface area contributed by atoms with E-state index in [2.05, 4.69) is 5.32 Å². The summed E-state index contributed by atoms with van der Waals surface area (Å²) in [6, 6.07) is 5.04. The minimum Gasteiger partial charge on any atom is -0.368 e. The van der Waals surface area contributed by atoms with Crippen LogP contribution in [0.15, 0.2) is 18.2 Å². The van der Waals surface area contributed by atoms with Crippen LogP contribution in [0.1, 0.15) is 5.56 Å². The molecule has 2 rings (SSSR count). The Balaban J connectivity index is 2.15. The first-order valence-corrected chi connectivity index (χ1v) is 6.51. The largest absolute Gasteiger partial charge is 0.368 e. The number of benzene rings is 1. The number of amides is 1. The quantitative estimate of drug-likeness (QED) is 0.880. The maximum absolute atomic E-state index is 11.4. The lowest BCUT2D eigenvalue weighted by molar-refractivity contribution is -0.124. The van der Waals surface area contributed by atoms with Gasteiger partial charge in [0.2, 0.25) is 5.91 Å². The molecule has 1 fully saturated rings. The molecule has 1 aliphatic rings. The molecule has 1 aromatic carbocycles. The summed E-state index contributed by atoms with van der Waals surface area (Å²) in [5.41, 5.74) is 6.31. The number of nitrogens with zero attached hydrogens (tertiary/aromatic N) is 1. The van der Waals surface area contributed by atoms with Crippen LogP contribution in [0.2, 0.25) is 10.0 Å². The third-order valence-corrected chi connectivity index (χ3v) is 3.67. The number of hydrogen-bond acceptors (Lipinski definition) is 3. The molecule has 1 amide bonds. The van der Waals surface area contributed by atoms with Gasteiger partial charge in [-0.1, -0.05) is 23.2 Å². The Kier molecular flexibility index (Phi) is 4.45. The van der Waals surface area contributed by atoms with Crippen molar-refractivity contribution in [2.24, 2.45) is 5.73 Å². The Morgan fingerprint density at radius 3 is 3.00 bits per heavy atom. The van der Waals surface area contributed by atoms with Gasteiger partial charge in [-0.05, 0) is 23.8 Å². The van der Waals surface area contributed by atoms with Gasteiger partial charge in [0, 0.05) is 36.2 Å². The summed E-state index contributed by atoms with van der Waals surface area (Å²) >= 11 is 12.1. The lowest BCUT2D eigenvalue weighted by Gasteiger charge is -2.34. The van der Waals surface area contributed by atoms with Gasteiger partial charge in [0.05, 0.1) is 0 Å². The fourth-order valence-electron chi connectivity index (χ4n) is 2.10. The van der Waals surface area contributed by atoms with Gasteiger partial charge in [-0.15, -0.1) is 0 Å². The zero-order valence-electron chi connectivity index (χ0n) is 9.83. The molecule has 0 bridgehead atoms. The monoisotopic (exact) mass is 287 g/mol. The van der Waals surface area contributed by atoms with E-state index < -0.39 is 0 Å². The van der Waals surface area contributed by atoms with Crippen LogP contribution in [0.25, 0.3) is 0 Å². The predicted molar refractivity (Wildman–Crippen MR) is 72.7 cm³/mol. The first kappa shape index (κ1) is 13.6. The van der Waals surface area contributed by atoms with E-state index in [0.717, 1.165) is 18.7 Å². The van der Waals surface area contributed by atoms with E-state index in [1.54, 1.807) is 12.1 Å². The highest BCUT2D eigenvalue weighted by molar-refractivity contribution is 6.33. The van der Waals surface area contributed by atoms with Crippen molar-refractivity contribution in [3.8, 4) is 0 Å². The summed E-state index contributed by atoms with van der Waals surface area (Å²) in [4.78, 5) is 13.4. The number of carbonyl (C=O) groups is 1. The van der Waals surface area contributed by atoms with Crippen molar-refractivity contribution in [3.05, 3.63) is 33.8 Å². The van der Waals surface area contributed by atoms with Crippen molar-refractivity contribution in [3.63, 3.8) is 0 Å². The summed E-state index contributed by atoms with van der Waals surface area (Å²) in [7, 11) is 0. The van der Waals surface area contributed by atoms with Crippen LogP contribution >= 0.6 is 23.2 Å². The zero-order chi connectivity index (χ0) is 13.1. The Morgan fingerprint density at radius 2 is 2.28 bits per heavy atom. The lowest BCUT2D eigenvalue weighted by atomic mass is 10.1. The van der Waals surface area contributed by atoms with Crippen LogP contribution in [0.3, 0.4) is 0 Å². The van der Waals surface area contributed by atoms with Gasteiger partial charge < -0.3 is 11.1 Å². The summed E-state index contributed by atoms with van der Waals surface area (Å²) in [5, 5.41) is 4.45. The number of nitrogens with two attached hydrogens (primary N) is 1. The fraction of sp³-hybridized carbons (Fsp3) is 0.417. The predicted octanol–water partition coefficient (Wildman–Crippen LogP) is 1.25. The molecule has 3 N–H and O–H groups in total. The average molecular weight is 288 g/mol. The molecule has 1 saturated heterocycles. The third-order valence-electron chi connectivity index (χ3n) is 3.06. The molecule has 1 aromatic rings. The first-order chi connectivity index (χ1) is 8.58. The van der Waals surface area contributed by atoms with E-state index in [9.17, 15) is 4.79 Å². The van der Waals surface area contributed by atoms with E-state index >= 15 is 0 Å². The SMILES string of the molecule is NC(=O)C1CNCCN1Cc1cc(Cl)ccc1Cl. The number of rotatable bonds is 3. The van der Waals surface area contributed by atoms with Crippen molar-refractivity contribution >= 4 is 29.1 Å². The van der Waals surface area contributed by atoms with E-state index in [4.69, 9.17) is 28.9 Å². The molecular formula is C12H15Cl2N3O. The Morgan fingerprint density at radius 1 is 1.50 bits per heavy atom. The van der Waals surface area contributed by atoms with Gasteiger partial charge in [-0.2, -0.15) is 0 Å². The van der Waals surface area contributed by atoms with Crippen molar-refractivity contribution in [1.82, 2.24) is 10.2 Å². The second-order valence-corrected chi connectivity index (χ2v) is 5.17. The first-order valence-electron chi connectivity index (χ1n) is 5.76. The molecule has 0 spiro atoms. The number of halogens is 2. The Bertz CT molecular complexity index is 453. The van der Waals surface area contributed by atoms with Gasteiger partial charge in [-0.3, -0.25) is 9.69 Å². The molecule has 98 valence electrons. The molecule has 1 atom stereocenters. The Hall–Kier alpha value is -0.810. The van der Waals surface area contributed by atoms with Crippen LogP contribution in [-0.4, -0.2) is 36.5 Å². The van der Waals surface area contributed by atoms with E-state index in [1.807, 2.05) is 11.0 Å². The molecular weight excluding hydrogens is 273 g/mol. The van der Waals surface area contributed by atoms with Crippen LogP contribution < -0.4 is 11.1 Å². The smallest absolute Gasteiger partial charge is 0.236 e. The molecule has 0 aliphatic carbocycles. The molecule has 1 aliphatic heterocycles. The number of carbonyl (C=O) groups excluding carboxylic acids is 1. The number of primary amides is 1. The summed E-state index contributed by atoms with van der Waals surface area (Å²) in [6.07, 6.45) is 0. The van der Waals surface area contributed by atoms with Crippen LogP contribution in [0, 0.1) is 0 Å². The third kappa shape index (κ3) is 3.14. The van der Waals surface area contributed by atoms with Crippen LogP contribution in [-0.2, 0) is 11.3 Å². The lowest BCUT2D eigenvalue weighted by Crippen LogP contribution is -2.56. The highest BCUT2D eigenvalue weighted by Gasteiger charge is 2.27. The molecule has 4 nitrogen and oxygen atoms in total. The number of nitrogens with one attached hydrogen (secondary N) is 1. The van der Waals surface area contributed by atoms with E-state index in [1.165, 1.54) is 0 Å². The van der Waals surface area contributed by atoms with Crippen molar-refractivity contribution in [2.45, 2.75) is 12.6 Å². The molecule has 6 heteroatoms. The van der Waals surface area contributed by atoms with Gasteiger partial charge in [0.1, 0.15) is 6.04 Å². The molecule has 0 saturated carbocycles.